The van der Waals surface area contributed by atoms with Gasteiger partial charge in [-0.1, -0.05) is 41.4 Å². The maximum absolute atomic E-state index is 12.0. The standard InChI is InChI=1S/C16H14Cl2N4O2/c17-11-3-2-10(13(18)6-11)7-22-14-5-9(8-23)1-4-12(14)15(21-22)16(24)20-19/h1-6,23H,7-8,19H2,(H,20,24). The second kappa shape index (κ2) is 6.78. The number of carbonyl (C=O) groups excluding carboxylic acids is 1. The summed E-state index contributed by atoms with van der Waals surface area (Å²) in [6, 6.07) is 10.4. The summed E-state index contributed by atoms with van der Waals surface area (Å²) in [6.07, 6.45) is 0. The quantitative estimate of drug-likeness (QED) is 0.376. The fourth-order valence-electron chi connectivity index (χ4n) is 2.49. The summed E-state index contributed by atoms with van der Waals surface area (Å²) in [4.78, 5) is 12.0. The molecule has 4 N–H and O–H groups in total. The van der Waals surface area contributed by atoms with Crippen molar-refractivity contribution in [1.82, 2.24) is 15.2 Å². The summed E-state index contributed by atoms with van der Waals surface area (Å²) in [7, 11) is 0. The van der Waals surface area contributed by atoms with Gasteiger partial charge in [0, 0.05) is 15.4 Å². The number of nitrogen functional groups attached to an aromatic ring is 1. The lowest BCUT2D eigenvalue weighted by Gasteiger charge is -2.07. The van der Waals surface area contributed by atoms with Crippen LogP contribution in [0.5, 0.6) is 0 Å². The third-order valence-corrected chi connectivity index (χ3v) is 4.27. The number of aliphatic hydroxyl groups is 1. The molecule has 8 heteroatoms. The number of aromatic nitrogens is 2. The summed E-state index contributed by atoms with van der Waals surface area (Å²) in [5.74, 6) is 4.74. The lowest BCUT2D eigenvalue weighted by atomic mass is 10.1. The fourth-order valence-corrected chi connectivity index (χ4v) is 2.95. The van der Waals surface area contributed by atoms with Gasteiger partial charge in [0.1, 0.15) is 0 Å². The molecule has 3 rings (SSSR count). The zero-order valence-corrected chi connectivity index (χ0v) is 14.0. The first kappa shape index (κ1) is 16.7. The fraction of sp³-hybridized carbons (Fsp3) is 0.125. The van der Waals surface area contributed by atoms with Gasteiger partial charge in [0.25, 0.3) is 5.91 Å². The second-order valence-corrected chi connectivity index (χ2v) is 6.07. The highest BCUT2D eigenvalue weighted by atomic mass is 35.5. The Balaban J connectivity index is 2.13. The molecule has 0 aliphatic heterocycles. The summed E-state index contributed by atoms with van der Waals surface area (Å²) in [5.41, 5.74) is 4.52. The smallest absolute Gasteiger partial charge is 0.286 e. The van der Waals surface area contributed by atoms with Gasteiger partial charge in [-0.3, -0.25) is 14.9 Å². The maximum atomic E-state index is 12.0. The summed E-state index contributed by atoms with van der Waals surface area (Å²) in [5, 5.41) is 15.4. The number of carbonyl (C=O) groups is 1. The molecule has 0 bridgehead atoms. The number of hydrazine groups is 1. The highest BCUT2D eigenvalue weighted by Crippen LogP contribution is 2.25. The summed E-state index contributed by atoms with van der Waals surface area (Å²) in [6.45, 7) is 0.237. The SMILES string of the molecule is NNC(=O)c1nn(Cc2ccc(Cl)cc2Cl)c2cc(CO)ccc12. The predicted molar refractivity (Wildman–Crippen MR) is 92.9 cm³/mol. The molecule has 124 valence electrons. The molecule has 0 saturated heterocycles. The van der Waals surface area contributed by atoms with E-state index in [0.29, 0.717) is 33.1 Å². The number of amides is 1. The number of hydrogen-bond donors (Lipinski definition) is 3. The van der Waals surface area contributed by atoms with E-state index < -0.39 is 5.91 Å². The van der Waals surface area contributed by atoms with Crippen molar-refractivity contribution in [1.29, 1.82) is 0 Å². The van der Waals surface area contributed by atoms with Crippen LogP contribution in [0.2, 0.25) is 10.0 Å². The number of nitrogens with zero attached hydrogens (tertiary/aromatic N) is 2. The molecule has 24 heavy (non-hydrogen) atoms. The minimum atomic E-state index is -0.488. The van der Waals surface area contributed by atoms with Gasteiger partial charge in [-0.15, -0.1) is 0 Å². The number of aliphatic hydroxyl groups excluding tert-OH is 1. The molecule has 1 amide bonds. The molecular formula is C16H14Cl2N4O2. The lowest BCUT2D eigenvalue weighted by molar-refractivity contribution is 0.0949. The summed E-state index contributed by atoms with van der Waals surface area (Å²) < 4.78 is 1.65. The zero-order chi connectivity index (χ0) is 17.3. The number of rotatable bonds is 4. The molecule has 1 aromatic heterocycles. The molecule has 6 nitrogen and oxygen atoms in total. The van der Waals surface area contributed by atoms with Crippen molar-refractivity contribution in [3.63, 3.8) is 0 Å². The molecule has 0 atom stereocenters. The van der Waals surface area contributed by atoms with Crippen molar-refractivity contribution in [2.75, 3.05) is 0 Å². The Hall–Kier alpha value is -2.12. The molecule has 3 aromatic rings. The molecule has 0 saturated carbocycles. The van der Waals surface area contributed by atoms with Crippen molar-refractivity contribution in [2.45, 2.75) is 13.2 Å². The van der Waals surface area contributed by atoms with Gasteiger partial charge in [0.2, 0.25) is 0 Å². The van der Waals surface area contributed by atoms with Gasteiger partial charge in [-0.2, -0.15) is 5.10 Å². The van der Waals surface area contributed by atoms with E-state index in [4.69, 9.17) is 29.0 Å². The average Bonchev–Trinajstić information content (AvgIpc) is 2.94. The van der Waals surface area contributed by atoms with Crippen LogP contribution >= 0.6 is 23.2 Å². The van der Waals surface area contributed by atoms with E-state index in [9.17, 15) is 9.90 Å². The number of nitrogens with one attached hydrogen (secondary N) is 1. The van der Waals surface area contributed by atoms with Crippen LogP contribution in [0, 0.1) is 0 Å². The van der Waals surface area contributed by atoms with Crippen LogP contribution in [0.15, 0.2) is 36.4 Å². The van der Waals surface area contributed by atoms with Gasteiger partial charge < -0.3 is 5.11 Å². The Morgan fingerprint density at radius 1 is 1.25 bits per heavy atom. The first-order chi connectivity index (χ1) is 11.5. The van der Waals surface area contributed by atoms with E-state index in [-0.39, 0.29) is 12.3 Å². The highest BCUT2D eigenvalue weighted by molar-refractivity contribution is 6.35. The van der Waals surface area contributed by atoms with Crippen LogP contribution in [0.25, 0.3) is 10.9 Å². The number of nitrogens with two attached hydrogens (primary N) is 1. The van der Waals surface area contributed by atoms with E-state index in [2.05, 4.69) is 10.5 Å². The first-order valence-corrected chi connectivity index (χ1v) is 7.84. The Labute approximate surface area is 147 Å². The van der Waals surface area contributed by atoms with Crippen LogP contribution in [0.3, 0.4) is 0 Å². The van der Waals surface area contributed by atoms with Gasteiger partial charge in [-0.05, 0) is 29.3 Å². The number of hydrogen-bond acceptors (Lipinski definition) is 4. The molecule has 2 aromatic carbocycles. The van der Waals surface area contributed by atoms with Crippen LogP contribution in [0.4, 0.5) is 0 Å². The van der Waals surface area contributed by atoms with E-state index in [1.165, 1.54) is 0 Å². The van der Waals surface area contributed by atoms with Gasteiger partial charge in [-0.25, -0.2) is 5.84 Å². The minimum absolute atomic E-state index is 0.110. The molecule has 1 heterocycles. The maximum Gasteiger partial charge on any atom is 0.286 e. The molecule has 0 spiro atoms. The molecule has 0 aliphatic carbocycles. The van der Waals surface area contributed by atoms with Crippen molar-refractivity contribution in [2.24, 2.45) is 5.84 Å². The van der Waals surface area contributed by atoms with E-state index in [1.807, 2.05) is 0 Å². The minimum Gasteiger partial charge on any atom is -0.392 e. The Morgan fingerprint density at radius 2 is 2.04 bits per heavy atom. The van der Waals surface area contributed by atoms with Crippen LogP contribution < -0.4 is 11.3 Å². The second-order valence-electron chi connectivity index (χ2n) is 5.23. The number of benzene rings is 2. The zero-order valence-electron chi connectivity index (χ0n) is 12.5. The van der Waals surface area contributed by atoms with Gasteiger partial charge in [0.15, 0.2) is 5.69 Å². The van der Waals surface area contributed by atoms with Gasteiger partial charge in [0.05, 0.1) is 18.7 Å². The monoisotopic (exact) mass is 364 g/mol. The van der Waals surface area contributed by atoms with E-state index in [0.717, 1.165) is 5.56 Å². The van der Waals surface area contributed by atoms with Crippen molar-refractivity contribution < 1.29 is 9.90 Å². The molecule has 0 aliphatic rings. The molecule has 0 radical (unpaired) electrons. The molecule has 0 fully saturated rings. The largest absolute Gasteiger partial charge is 0.392 e. The highest BCUT2D eigenvalue weighted by Gasteiger charge is 2.17. The van der Waals surface area contributed by atoms with E-state index in [1.54, 1.807) is 41.1 Å². The Kier molecular flexibility index (Phi) is 4.73. The van der Waals surface area contributed by atoms with Crippen LogP contribution in [0.1, 0.15) is 21.6 Å². The van der Waals surface area contributed by atoms with Crippen LogP contribution in [-0.4, -0.2) is 20.8 Å². The number of halogens is 2. The number of fused-ring (bicyclic) bond motifs is 1. The van der Waals surface area contributed by atoms with Gasteiger partial charge >= 0.3 is 0 Å². The van der Waals surface area contributed by atoms with Crippen molar-refractivity contribution >= 4 is 40.0 Å². The van der Waals surface area contributed by atoms with Crippen molar-refractivity contribution in [3.05, 3.63) is 63.3 Å². The topological polar surface area (TPSA) is 93.2 Å². The lowest BCUT2D eigenvalue weighted by Crippen LogP contribution is -2.30. The normalized spacial score (nSPS) is 11.0. The third-order valence-electron chi connectivity index (χ3n) is 3.68. The first-order valence-electron chi connectivity index (χ1n) is 7.08. The van der Waals surface area contributed by atoms with E-state index >= 15 is 0 Å². The molecular weight excluding hydrogens is 351 g/mol. The van der Waals surface area contributed by atoms with Crippen molar-refractivity contribution in [3.8, 4) is 0 Å². The third kappa shape index (κ3) is 3.09. The summed E-state index contributed by atoms with van der Waals surface area (Å²) >= 11 is 12.1. The Bertz CT molecular complexity index is 924. The predicted octanol–water partition coefficient (Wildman–Crippen LogP) is 2.49. The molecule has 0 unspecified atom stereocenters. The average molecular weight is 365 g/mol. The Morgan fingerprint density at radius 3 is 2.71 bits per heavy atom. The van der Waals surface area contributed by atoms with Crippen LogP contribution in [-0.2, 0) is 13.2 Å².